The third kappa shape index (κ3) is 3.84. The molecule has 122 valence electrons. The van der Waals surface area contributed by atoms with Crippen LogP contribution in [0.15, 0.2) is 60.9 Å². The van der Waals surface area contributed by atoms with E-state index >= 15 is 0 Å². The number of anilines is 1. The number of amides is 1. The summed E-state index contributed by atoms with van der Waals surface area (Å²) in [5, 5.41) is 14.1. The van der Waals surface area contributed by atoms with Crippen LogP contribution in [0.25, 0.3) is 0 Å². The van der Waals surface area contributed by atoms with Gasteiger partial charge in [-0.1, -0.05) is 49.4 Å². The highest BCUT2D eigenvalue weighted by molar-refractivity contribution is 5.93. The molecule has 0 radical (unpaired) electrons. The molecule has 1 unspecified atom stereocenters. The van der Waals surface area contributed by atoms with Crippen LogP contribution in [0, 0.1) is 0 Å². The number of nitrogens with one attached hydrogen (secondary N) is 1. The molecule has 1 heterocycles. The second-order valence-electron chi connectivity index (χ2n) is 5.54. The number of aromatic nitrogens is 4. The summed E-state index contributed by atoms with van der Waals surface area (Å²) in [5.74, 6) is -0.143. The van der Waals surface area contributed by atoms with Crippen molar-refractivity contribution in [2.45, 2.75) is 25.8 Å². The fourth-order valence-electron chi connectivity index (χ4n) is 2.50. The second-order valence-corrected chi connectivity index (χ2v) is 5.54. The van der Waals surface area contributed by atoms with Crippen LogP contribution >= 0.6 is 0 Å². The number of hydrogen-bond donors (Lipinski definition) is 1. The van der Waals surface area contributed by atoms with Crippen molar-refractivity contribution in [3.05, 3.63) is 72.1 Å². The Morgan fingerprint density at radius 2 is 1.83 bits per heavy atom. The number of carbonyl (C=O) groups is 1. The van der Waals surface area contributed by atoms with Crippen molar-refractivity contribution in [2.75, 3.05) is 5.32 Å². The van der Waals surface area contributed by atoms with Crippen LogP contribution in [0.3, 0.4) is 0 Å². The van der Waals surface area contributed by atoms with Gasteiger partial charge in [-0.25, -0.2) is 4.68 Å². The van der Waals surface area contributed by atoms with E-state index in [9.17, 15) is 4.79 Å². The van der Waals surface area contributed by atoms with Crippen molar-refractivity contribution in [1.82, 2.24) is 20.2 Å². The summed E-state index contributed by atoms with van der Waals surface area (Å²) in [6, 6.07) is 17.2. The summed E-state index contributed by atoms with van der Waals surface area (Å²) in [6.45, 7) is 2.10. The van der Waals surface area contributed by atoms with Gasteiger partial charge in [0, 0.05) is 12.1 Å². The summed E-state index contributed by atoms with van der Waals surface area (Å²) in [6.07, 6.45) is 2.95. The molecule has 1 N–H and O–H groups in total. The first kappa shape index (κ1) is 15.9. The van der Waals surface area contributed by atoms with E-state index < -0.39 is 6.04 Å². The summed E-state index contributed by atoms with van der Waals surface area (Å²) in [5.41, 5.74) is 3.05. The minimum Gasteiger partial charge on any atom is -0.324 e. The lowest BCUT2D eigenvalue weighted by atomic mass is 10.1. The Hall–Kier alpha value is -3.02. The van der Waals surface area contributed by atoms with E-state index in [1.54, 1.807) is 0 Å². The van der Waals surface area contributed by atoms with Gasteiger partial charge in [0.15, 0.2) is 0 Å². The first-order valence-corrected chi connectivity index (χ1v) is 7.92. The maximum atomic E-state index is 12.7. The van der Waals surface area contributed by atoms with E-state index in [1.165, 1.54) is 16.6 Å². The van der Waals surface area contributed by atoms with E-state index in [4.69, 9.17) is 0 Å². The number of nitrogens with zero attached hydrogens (tertiary/aromatic N) is 4. The Morgan fingerprint density at radius 1 is 1.08 bits per heavy atom. The molecule has 3 aromatic rings. The Morgan fingerprint density at radius 3 is 2.46 bits per heavy atom. The van der Waals surface area contributed by atoms with Crippen molar-refractivity contribution in [2.24, 2.45) is 0 Å². The van der Waals surface area contributed by atoms with Crippen molar-refractivity contribution in [3.63, 3.8) is 0 Å². The quantitative estimate of drug-likeness (QED) is 0.757. The largest absolute Gasteiger partial charge is 0.324 e. The zero-order valence-electron chi connectivity index (χ0n) is 13.5. The third-order valence-electron chi connectivity index (χ3n) is 3.89. The van der Waals surface area contributed by atoms with Gasteiger partial charge >= 0.3 is 0 Å². The summed E-state index contributed by atoms with van der Waals surface area (Å²) >= 11 is 0. The average Bonchev–Trinajstić information content (AvgIpc) is 3.15. The smallest absolute Gasteiger partial charge is 0.249 e. The normalized spacial score (nSPS) is 11.9. The van der Waals surface area contributed by atoms with Crippen LogP contribution in [-0.4, -0.2) is 26.1 Å². The predicted molar refractivity (Wildman–Crippen MR) is 91.4 cm³/mol. The van der Waals surface area contributed by atoms with Gasteiger partial charge < -0.3 is 5.32 Å². The van der Waals surface area contributed by atoms with Gasteiger partial charge in [-0.15, -0.1) is 5.10 Å². The molecule has 0 aliphatic rings. The molecule has 2 aromatic carbocycles. The molecular formula is C18H19N5O. The molecule has 0 saturated carbocycles. The molecule has 0 aliphatic carbocycles. The van der Waals surface area contributed by atoms with Gasteiger partial charge in [-0.3, -0.25) is 4.79 Å². The monoisotopic (exact) mass is 321 g/mol. The molecule has 0 bridgehead atoms. The van der Waals surface area contributed by atoms with Gasteiger partial charge in [0.05, 0.1) is 0 Å². The highest BCUT2D eigenvalue weighted by atomic mass is 16.2. The maximum Gasteiger partial charge on any atom is 0.249 e. The summed E-state index contributed by atoms with van der Waals surface area (Å²) in [7, 11) is 0. The van der Waals surface area contributed by atoms with E-state index in [1.807, 2.05) is 54.6 Å². The molecule has 3 rings (SSSR count). The van der Waals surface area contributed by atoms with Gasteiger partial charge in [0.2, 0.25) is 5.91 Å². The number of carbonyl (C=O) groups excluding carboxylic acids is 1. The Labute approximate surface area is 140 Å². The van der Waals surface area contributed by atoms with Crippen molar-refractivity contribution in [3.8, 4) is 0 Å². The van der Waals surface area contributed by atoms with E-state index in [0.717, 1.165) is 17.7 Å². The zero-order chi connectivity index (χ0) is 16.8. The fraction of sp³-hybridized carbons (Fsp3) is 0.222. The first-order chi connectivity index (χ1) is 11.8. The van der Waals surface area contributed by atoms with Crippen LogP contribution in [0.1, 0.15) is 24.1 Å². The lowest BCUT2D eigenvalue weighted by Crippen LogP contribution is -2.28. The molecule has 0 aliphatic heterocycles. The fourth-order valence-corrected chi connectivity index (χ4v) is 2.50. The van der Waals surface area contributed by atoms with Gasteiger partial charge in [0.25, 0.3) is 0 Å². The SMILES string of the molecule is CCc1ccc(NC(=O)C(Cc2ccccc2)n2cnnn2)cc1. The van der Waals surface area contributed by atoms with E-state index in [0.29, 0.717) is 6.42 Å². The van der Waals surface area contributed by atoms with Gasteiger partial charge in [-0.2, -0.15) is 0 Å². The topological polar surface area (TPSA) is 72.7 Å². The average molecular weight is 321 g/mol. The van der Waals surface area contributed by atoms with Crippen LogP contribution in [-0.2, 0) is 17.6 Å². The molecular weight excluding hydrogens is 302 g/mol. The molecule has 1 amide bonds. The Kier molecular flexibility index (Phi) is 4.96. The standard InChI is InChI=1S/C18H19N5O/c1-2-14-8-10-16(11-9-14)20-18(24)17(23-13-19-21-22-23)12-15-6-4-3-5-7-15/h3-11,13,17H,2,12H2,1H3,(H,20,24). The molecule has 0 saturated heterocycles. The summed E-state index contributed by atoms with van der Waals surface area (Å²) in [4.78, 5) is 12.7. The zero-order valence-corrected chi connectivity index (χ0v) is 13.5. The molecule has 1 aromatic heterocycles. The first-order valence-electron chi connectivity index (χ1n) is 7.92. The van der Waals surface area contributed by atoms with Crippen molar-refractivity contribution < 1.29 is 4.79 Å². The van der Waals surface area contributed by atoms with Crippen LogP contribution < -0.4 is 5.32 Å². The summed E-state index contributed by atoms with van der Waals surface area (Å²) < 4.78 is 1.49. The molecule has 6 nitrogen and oxygen atoms in total. The molecule has 0 fully saturated rings. The lowest BCUT2D eigenvalue weighted by molar-refractivity contribution is -0.119. The lowest BCUT2D eigenvalue weighted by Gasteiger charge is -2.16. The molecule has 24 heavy (non-hydrogen) atoms. The van der Waals surface area contributed by atoms with E-state index in [2.05, 4.69) is 27.8 Å². The highest BCUT2D eigenvalue weighted by Crippen LogP contribution is 2.17. The van der Waals surface area contributed by atoms with Crippen LogP contribution in [0.2, 0.25) is 0 Å². The van der Waals surface area contributed by atoms with Crippen molar-refractivity contribution in [1.29, 1.82) is 0 Å². The number of benzene rings is 2. The minimum absolute atomic E-state index is 0.143. The van der Waals surface area contributed by atoms with Crippen LogP contribution in [0.4, 0.5) is 5.69 Å². The van der Waals surface area contributed by atoms with Gasteiger partial charge in [-0.05, 0) is 40.1 Å². The second kappa shape index (κ2) is 7.50. The number of rotatable bonds is 6. The predicted octanol–water partition coefficient (Wildman–Crippen LogP) is 2.66. The Bertz CT molecular complexity index is 769. The number of hydrogen-bond acceptors (Lipinski definition) is 4. The van der Waals surface area contributed by atoms with E-state index in [-0.39, 0.29) is 5.91 Å². The Balaban J connectivity index is 1.78. The number of aryl methyl sites for hydroxylation is 1. The van der Waals surface area contributed by atoms with Crippen molar-refractivity contribution >= 4 is 11.6 Å². The molecule has 6 heteroatoms. The van der Waals surface area contributed by atoms with Gasteiger partial charge in [0.1, 0.15) is 12.4 Å². The number of tetrazole rings is 1. The van der Waals surface area contributed by atoms with Crippen LogP contribution in [0.5, 0.6) is 0 Å². The third-order valence-corrected chi connectivity index (χ3v) is 3.89. The molecule has 0 spiro atoms. The minimum atomic E-state index is -0.506. The highest BCUT2D eigenvalue weighted by Gasteiger charge is 2.22. The molecule has 1 atom stereocenters. The maximum absolute atomic E-state index is 12.7.